The molecule has 0 aromatic carbocycles. The van der Waals surface area contributed by atoms with E-state index < -0.39 is 0 Å². The van der Waals surface area contributed by atoms with E-state index in [0.717, 1.165) is 24.0 Å². The number of anilines is 2. The Balaban J connectivity index is 2.59. The molecule has 84 valence electrons. The Kier molecular flexibility index (Phi) is 4.40. The highest BCUT2D eigenvalue weighted by Gasteiger charge is 2.04. The Morgan fingerprint density at radius 3 is 2.73 bits per heavy atom. The number of hydrogen-bond acceptors (Lipinski definition) is 3. The minimum Gasteiger partial charge on any atom is -0.382 e. The van der Waals surface area contributed by atoms with Gasteiger partial charge in [-0.3, -0.25) is 0 Å². The van der Waals surface area contributed by atoms with Crippen LogP contribution in [-0.4, -0.2) is 25.6 Å². The van der Waals surface area contributed by atoms with Crippen molar-refractivity contribution in [1.29, 1.82) is 0 Å². The molecule has 0 unspecified atom stereocenters. The lowest BCUT2D eigenvalue weighted by molar-refractivity contribution is 0.607. The summed E-state index contributed by atoms with van der Waals surface area (Å²) in [6.45, 7) is 5.47. The van der Waals surface area contributed by atoms with E-state index in [1.807, 2.05) is 31.3 Å². The molecule has 1 aromatic heterocycles. The van der Waals surface area contributed by atoms with Crippen LogP contribution in [0.2, 0.25) is 0 Å². The molecule has 15 heavy (non-hydrogen) atoms. The Bertz CT molecular complexity index is 295. The average Bonchev–Trinajstić information content (AvgIpc) is 2.17. The summed E-state index contributed by atoms with van der Waals surface area (Å²) in [4.78, 5) is 6.36. The lowest BCUT2D eigenvalue weighted by atomic mass is 10.1. The van der Waals surface area contributed by atoms with Crippen molar-refractivity contribution in [2.45, 2.75) is 20.3 Å². The lowest BCUT2D eigenvalue weighted by Gasteiger charge is -2.17. The Hall–Kier alpha value is -1.25. The fraction of sp³-hybridized carbons (Fsp3) is 0.583. The molecule has 0 aliphatic carbocycles. The van der Waals surface area contributed by atoms with Crippen molar-refractivity contribution < 1.29 is 0 Å². The molecule has 0 radical (unpaired) electrons. The van der Waals surface area contributed by atoms with Crippen molar-refractivity contribution in [1.82, 2.24) is 4.98 Å². The van der Waals surface area contributed by atoms with Gasteiger partial charge in [0.05, 0.1) is 5.69 Å². The van der Waals surface area contributed by atoms with Crippen LogP contribution in [0.5, 0.6) is 0 Å². The van der Waals surface area contributed by atoms with E-state index in [4.69, 9.17) is 0 Å². The molecule has 1 rings (SSSR count). The summed E-state index contributed by atoms with van der Waals surface area (Å²) in [5.74, 6) is 1.73. The molecule has 1 aromatic rings. The Morgan fingerprint density at radius 2 is 2.13 bits per heavy atom. The van der Waals surface area contributed by atoms with Gasteiger partial charge in [-0.15, -0.1) is 0 Å². The number of pyridine rings is 1. The first-order valence-corrected chi connectivity index (χ1v) is 5.47. The summed E-state index contributed by atoms with van der Waals surface area (Å²) in [5, 5.41) is 3.42. The number of rotatable bonds is 5. The van der Waals surface area contributed by atoms with Crippen molar-refractivity contribution in [3.05, 3.63) is 18.3 Å². The van der Waals surface area contributed by atoms with Crippen molar-refractivity contribution >= 4 is 11.5 Å². The van der Waals surface area contributed by atoms with Crippen molar-refractivity contribution in [3.8, 4) is 0 Å². The van der Waals surface area contributed by atoms with Crippen LogP contribution in [0.4, 0.5) is 11.5 Å². The molecular weight excluding hydrogens is 186 g/mol. The zero-order valence-electron chi connectivity index (χ0n) is 10.1. The van der Waals surface area contributed by atoms with Crippen LogP contribution in [0.1, 0.15) is 20.3 Å². The first-order chi connectivity index (χ1) is 7.11. The van der Waals surface area contributed by atoms with Gasteiger partial charge < -0.3 is 10.2 Å². The van der Waals surface area contributed by atoms with Gasteiger partial charge in [-0.2, -0.15) is 0 Å². The van der Waals surface area contributed by atoms with Crippen LogP contribution in [0, 0.1) is 5.92 Å². The van der Waals surface area contributed by atoms with Gasteiger partial charge in [0, 0.05) is 26.8 Å². The molecule has 0 amide bonds. The van der Waals surface area contributed by atoms with Crippen molar-refractivity contribution in [2.24, 2.45) is 5.92 Å². The first kappa shape index (κ1) is 11.8. The Labute approximate surface area is 92.5 Å². The molecule has 0 saturated carbocycles. The standard InChI is InChI=1S/C12H21N3/c1-10(2)7-9-13-11-6-5-8-14-12(11)15(3)4/h5-6,8,10,13H,7,9H2,1-4H3. The van der Waals surface area contributed by atoms with Gasteiger partial charge in [0.15, 0.2) is 5.82 Å². The van der Waals surface area contributed by atoms with E-state index in [1.165, 1.54) is 6.42 Å². The predicted octanol–water partition coefficient (Wildman–Crippen LogP) is 2.61. The Morgan fingerprint density at radius 1 is 1.40 bits per heavy atom. The minimum atomic E-state index is 0.733. The lowest BCUT2D eigenvalue weighted by Crippen LogP contribution is -2.14. The molecule has 3 nitrogen and oxygen atoms in total. The monoisotopic (exact) mass is 207 g/mol. The summed E-state index contributed by atoms with van der Waals surface area (Å²) in [7, 11) is 4.02. The third-order valence-electron chi connectivity index (χ3n) is 2.25. The molecule has 3 heteroatoms. The molecule has 0 aliphatic rings. The topological polar surface area (TPSA) is 28.2 Å². The van der Waals surface area contributed by atoms with E-state index in [2.05, 4.69) is 30.2 Å². The average molecular weight is 207 g/mol. The van der Waals surface area contributed by atoms with Gasteiger partial charge in [0.25, 0.3) is 0 Å². The van der Waals surface area contributed by atoms with Gasteiger partial charge >= 0.3 is 0 Å². The second kappa shape index (κ2) is 5.59. The van der Waals surface area contributed by atoms with E-state index in [9.17, 15) is 0 Å². The maximum atomic E-state index is 4.34. The number of hydrogen-bond donors (Lipinski definition) is 1. The third kappa shape index (κ3) is 3.78. The third-order valence-corrected chi connectivity index (χ3v) is 2.25. The molecule has 1 N–H and O–H groups in total. The second-order valence-corrected chi connectivity index (χ2v) is 4.38. The molecular formula is C12H21N3. The van der Waals surface area contributed by atoms with Gasteiger partial charge in [-0.25, -0.2) is 4.98 Å². The second-order valence-electron chi connectivity index (χ2n) is 4.38. The van der Waals surface area contributed by atoms with Gasteiger partial charge in [-0.05, 0) is 24.5 Å². The largest absolute Gasteiger partial charge is 0.382 e. The van der Waals surface area contributed by atoms with Crippen molar-refractivity contribution in [2.75, 3.05) is 30.9 Å². The summed E-state index contributed by atoms with van der Waals surface area (Å²) in [6.07, 6.45) is 3.00. The highest BCUT2D eigenvalue weighted by molar-refractivity contribution is 5.64. The van der Waals surface area contributed by atoms with Crippen molar-refractivity contribution in [3.63, 3.8) is 0 Å². The zero-order chi connectivity index (χ0) is 11.3. The normalized spacial score (nSPS) is 10.5. The van der Waals surface area contributed by atoms with Crippen LogP contribution in [0.15, 0.2) is 18.3 Å². The zero-order valence-corrected chi connectivity index (χ0v) is 10.1. The fourth-order valence-corrected chi connectivity index (χ4v) is 1.39. The molecule has 1 heterocycles. The maximum Gasteiger partial charge on any atom is 0.151 e. The SMILES string of the molecule is CC(C)CCNc1cccnc1N(C)C. The van der Waals surface area contributed by atoms with E-state index in [0.29, 0.717) is 0 Å². The summed E-state index contributed by atoms with van der Waals surface area (Å²) in [6, 6.07) is 4.04. The molecule has 0 aliphatic heterocycles. The fourth-order valence-electron chi connectivity index (χ4n) is 1.39. The molecule has 0 bridgehead atoms. The van der Waals surface area contributed by atoms with E-state index in [-0.39, 0.29) is 0 Å². The van der Waals surface area contributed by atoms with Crippen LogP contribution >= 0.6 is 0 Å². The molecule has 0 fully saturated rings. The minimum absolute atomic E-state index is 0.733. The van der Waals surface area contributed by atoms with Gasteiger partial charge in [-0.1, -0.05) is 13.8 Å². The quantitative estimate of drug-likeness (QED) is 0.804. The van der Waals surface area contributed by atoms with Crippen LogP contribution in [-0.2, 0) is 0 Å². The predicted molar refractivity (Wildman–Crippen MR) is 66.5 cm³/mol. The summed E-state index contributed by atoms with van der Waals surface area (Å²) < 4.78 is 0. The number of nitrogens with zero attached hydrogens (tertiary/aromatic N) is 2. The van der Waals surface area contributed by atoms with Crippen LogP contribution < -0.4 is 10.2 Å². The molecule has 0 spiro atoms. The maximum absolute atomic E-state index is 4.34. The summed E-state index contributed by atoms with van der Waals surface area (Å²) >= 11 is 0. The number of aromatic nitrogens is 1. The van der Waals surface area contributed by atoms with E-state index in [1.54, 1.807) is 0 Å². The molecule has 0 saturated heterocycles. The first-order valence-electron chi connectivity index (χ1n) is 5.47. The highest BCUT2D eigenvalue weighted by atomic mass is 15.2. The number of nitrogens with one attached hydrogen (secondary N) is 1. The smallest absolute Gasteiger partial charge is 0.151 e. The van der Waals surface area contributed by atoms with Crippen LogP contribution in [0.3, 0.4) is 0 Å². The van der Waals surface area contributed by atoms with Gasteiger partial charge in [0.2, 0.25) is 0 Å². The summed E-state index contributed by atoms with van der Waals surface area (Å²) in [5.41, 5.74) is 1.11. The van der Waals surface area contributed by atoms with Gasteiger partial charge in [0.1, 0.15) is 0 Å². The van der Waals surface area contributed by atoms with E-state index >= 15 is 0 Å². The molecule has 0 atom stereocenters. The highest BCUT2D eigenvalue weighted by Crippen LogP contribution is 2.20. The van der Waals surface area contributed by atoms with Crippen LogP contribution in [0.25, 0.3) is 0 Å².